The molecular formula is C11H14ClFN2O2S. The van der Waals surface area contributed by atoms with Gasteiger partial charge in [0.15, 0.2) is 0 Å². The van der Waals surface area contributed by atoms with E-state index in [4.69, 9.17) is 11.6 Å². The lowest BCUT2D eigenvalue weighted by atomic mass is 10.2. The van der Waals surface area contributed by atoms with Crippen LogP contribution in [0.5, 0.6) is 0 Å². The van der Waals surface area contributed by atoms with Crippen molar-refractivity contribution in [1.82, 2.24) is 10.0 Å². The van der Waals surface area contributed by atoms with Gasteiger partial charge >= 0.3 is 0 Å². The summed E-state index contributed by atoms with van der Waals surface area (Å²) in [6, 6.07) is 2.97. The number of halogens is 2. The predicted molar refractivity (Wildman–Crippen MR) is 67.5 cm³/mol. The molecule has 0 spiro atoms. The Morgan fingerprint density at radius 1 is 1.44 bits per heavy atom. The van der Waals surface area contributed by atoms with Gasteiger partial charge in [0.1, 0.15) is 10.7 Å². The second-order valence-electron chi connectivity index (χ2n) is 4.24. The normalized spacial score (nSPS) is 15.9. The fraction of sp³-hybridized carbons (Fsp3) is 0.455. The van der Waals surface area contributed by atoms with Crippen molar-refractivity contribution < 1.29 is 12.8 Å². The number of benzene rings is 1. The summed E-state index contributed by atoms with van der Waals surface area (Å²) in [5, 5.41) is 3.33. The molecule has 1 aromatic rings. The maximum Gasteiger partial charge on any atom is 0.243 e. The Labute approximate surface area is 111 Å². The molecule has 0 saturated heterocycles. The first kappa shape index (κ1) is 13.7. The zero-order valence-corrected chi connectivity index (χ0v) is 11.4. The fourth-order valence-corrected chi connectivity index (χ4v) is 2.77. The van der Waals surface area contributed by atoms with Crippen molar-refractivity contribution in [2.24, 2.45) is 0 Å². The third kappa shape index (κ3) is 3.00. The summed E-state index contributed by atoms with van der Waals surface area (Å²) in [5.41, 5.74) is 0.267. The molecular weight excluding hydrogens is 279 g/mol. The molecule has 0 bridgehead atoms. The SMILES string of the molecule is CNS(=O)(=O)c1cc(Cl)cc(CNC2CC2)c1F. The van der Waals surface area contributed by atoms with E-state index in [9.17, 15) is 12.8 Å². The van der Waals surface area contributed by atoms with E-state index in [1.807, 2.05) is 0 Å². The molecule has 2 rings (SSSR count). The van der Waals surface area contributed by atoms with Crippen LogP contribution in [-0.2, 0) is 16.6 Å². The minimum Gasteiger partial charge on any atom is -0.310 e. The highest BCUT2D eigenvalue weighted by Crippen LogP contribution is 2.25. The van der Waals surface area contributed by atoms with Gasteiger partial charge in [0.2, 0.25) is 10.0 Å². The minimum atomic E-state index is -3.83. The van der Waals surface area contributed by atoms with Crippen LogP contribution in [0.1, 0.15) is 18.4 Å². The van der Waals surface area contributed by atoms with Crippen LogP contribution in [0.2, 0.25) is 5.02 Å². The quantitative estimate of drug-likeness (QED) is 0.867. The van der Waals surface area contributed by atoms with Crippen molar-refractivity contribution in [2.75, 3.05) is 7.05 Å². The van der Waals surface area contributed by atoms with Gasteiger partial charge in [-0.2, -0.15) is 0 Å². The van der Waals surface area contributed by atoms with E-state index < -0.39 is 20.7 Å². The lowest BCUT2D eigenvalue weighted by Gasteiger charge is -2.10. The molecule has 18 heavy (non-hydrogen) atoms. The van der Waals surface area contributed by atoms with Crippen LogP contribution in [0.25, 0.3) is 0 Å². The first-order valence-electron chi connectivity index (χ1n) is 5.59. The summed E-state index contributed by atoms with van der Waals surface area (Å²) in [5.74, 6) is -0.748. The highest BCUT2D eigenvalue weighted by molar-refractivity contribution is 7.89. The first-order chi connectivity index (χ1) is 8.44. The van der Waals surface area contributed by atoms with E-state index in [0.29, 0.717) is 6.04 Å². The van der Waals surface area contributed by atoms with Gasteiger partial charge in [-0.25, -0.2) is 17.5 Å². The second kappa shape index (κ2) is 5.13. The Hall–Kier alpha value is -0.690. The third-order valence-corrected chi connectivity index (χ3v) is 4.43. The molecule has 1 aliphatic rings. The molecule has 0 unspecified atom stereocenters. The molecule has 2 N–H and O–H groups in total. The highest BCUT2D eigenvalue weighted by atomic mass is 35.5. The Morgan fingerprint density at radius 3 is 2.67 bits per heavy atom. The standard InChI is InChI=1S/C11H14ClFN2O2S/c1-14-18(16,17)10-5-8(12)4-7(11(10)13)6-15-9-2-3-9/h4-5,9,14-15H,2-3,6H2,1H3. The summed E-state index contributed by atoms with van der Waals surface area (Å²) in [7, 11) is -2.60. The summed E-state index contributed by atoms with van der Waals surface area (Å²) >= 11 is 5.83. The Bertz CT molecular complexity index is 558. The summed E-state index contributed by atoms with van der Waals surface area (Å²) in [6.45, 7) is 0.281. The van der Waals surface area contributed by atoms with E-state index in [0.717, 1.165) is 18.9 Å². The number of hydrogen-bond donors (Lipinski definition) is 2. The molecule has 0 aromatic heterocycles. The molecule has 4 nitrogen and oxygen atoms in total. The van der Waals surface area contributed by atoms with Gasteiger partial charge in [-0.05, 0) is 32.0 Å². The van der Waals surface area contributed by atoms with Crippen LogP contribution in [-0.4, -0.2) is 21.5 Å². The molecule has 0 radical (unpaired) electrons. The Kier molecular flexibility index (Phi) is 3.91. The summed E-state index contributed by atoms with van der Waals surface area (Å²) in [4.78, 5) is -0.412. The van der Waals surface area contributed by atoms with Crippen LogP contribution < -0.4 is 10.0 Å². The monoisotopic (exact) mass is 292 g/mol. The van der Waals surface area contributed by atoms with Crippen molar-refractivity contribution in [2.45, 2.75) is 30.3 Å². The molecule has 7 heteroatoms. The number of hydrogen-bond acceptors (Lipinski definition) is 3. The van der Waals surface area contributed by atoms with Crippen molar-refractivity contribution >= 4 is 21.6 Å². The first-order valence-corrected chi connectivity index (χ1v) is 7.45. The van der Waals surface area contributed by atoms with Crippen LogP contribution in [0, 0.1) is 5.82 Å². The van der Waals surface area contributed by atoms with Gasteiger partial charge in [0, 0.05) is 23.2 Å². The molecule has 1 aromatic carbocycles. The molecule has 0 amide bonds. The van der Waals surface area contributed by atoms with Gasteiger partial charge in [0.05, 0.1) is 0 Å². The van der Waals surface area contributed by atoms with Gasteiger partial charge < -0.3 is 5.32 Å². The van der Waals surface area contributed by atoms with Crippen LogP contribution in [0.15, 0.2) is 17.0 Å². The maximum absolute atomic E-state index is 14.1. The summed E-state index contributed by atoms with van der Waals surface area (Å²) in [6.07, 6.45) is 2.15. The van der Waals surface area contributed by atoms with E-state index >= 15 is 0 Å². The smallest absolute Gasteiger partial charge is 0.243 e. The Balaban J connectivity index is 2.35. The van der Waals surface area contributed by atoms with Crippen molar-refractivity contribution in [3.05, 3.63) is 28.5 Å². The topological polar surface area (TPSA) is 58.2 Å². The zero-order valence-electron chi connectivity index (χ0n) is 9.83. The molecule has 1 saturated carbocycles. The third-order valence-electron chi connectivity index (χ3n) is 2.80. The van der Waals surface area contributed by atoms with Crippen molar-refractivity contribution in [3.8, 4) is 0 Å². The largest absolute Gasteiger partial charge is 0.310 e. The molecule has 0 heterocycles. The number of nitrogens with one attached hydrogen (secondary N) is 2. The van der Waals surface area contributed by atoms with E-state index in [1.165, 1.54) is 13.1 Å². The molecule has 0 aliphatic heterocycles. The van der Waals surface area contributed by atoms with Crippen LogP contribution >= 0.6 is 11.6 Å². The Morgan fingerprint density at radius 2 is 2.11 bits per heavy atom. The molecule has 100 valence electrons. The average Bonchev–Trinajstić information content (AvgIpc) is 3.13. The molecule has 0 atom stereocenters. The average molecular weight is 293 g/mol. The van der Waals surface area contributed by atoms with E-state index in [-0.39, 0.29) is 17.1 Å². The molecule has 1 fully saturated rings. The maximum atomic E-state index is 14.1. The summed E-state index contributed by atoms with van der Waals surface area (Å²) < 4.78 is 39.5. The lowest BCUT2D eigenvalue weighted by molar-refractivity contribution is 0.544. The van der Waals surface area contributed by atoms with E-state index in [2.05, 4.69) is 10.0 Å². The van der Waals surface area contributed by atoms with Gasteiger partial charge in [-0.1, -0.05) is 11.6 Å². The molecule has 1 aliphatic carbocycles. The van der Waals surface area contributed by atoms with Gasteiger partial charge in [-0.3, -0.25) is 0 Å². The van der Waals surface area contributed by atoms with Gasteiger partial charge in [0.25, 0.3) is 0 Å². The second-order valence-corrected chi connectivity index (χ2v) is 6.53. The highest BCUT2D eigenvalue weighted by Gasteiger charge is 2.24. The fourth-order valence-electron chi connectivity index (χ4n) is 1.59. The van der Waals surface area contributed by atoms with Crippen molar-refractivity contribution in [1.29, 1.82) is 0 Å². The van der Waals surface area contributed by atoms with Crippen LogP contribution in [0.4, 0.5) is 4.39 Å². The van der Waals surface area contributed by atoms with Gasteiger partial charge in [-0.15, -0.1) is 0 Å². The number of sulfonamides is 1. The van der Waals surface area contributed by atoms with E-state index in [1.54, 1.807) is 0 Å². The number of rotatable bonds is 5. The lowest BCUT2D eigenvalue weighted by Crippen LogP contribution is -2.22. The van der Waals surface area contributed by atoms with Crippen molar-refractivity contribution in [3.63, 3.8) is 0 Å². The van der Waals surface area contributed by atoms with Crippen LogP contribution in [0.3, 0.4) is 0 Å². The minimum absolute atomic E-state index is 0.206. The zero-order chi connectivity index (χ0) is 13.3. The predicted octanol–water partition coefficient (Wildman–Crippen LogP) is 1.64.